The van der Waals surface area contributed by atoms with Gasteiger partial charge in [-0.1, -0.05) is 16.8 Å². The number of ketones is 1. The molecule has 0 unspecified atom stereocenters. The van der Waals surface area contributed by atoms with Gasteiger partial charge in [-0.05, 0) is 19.1 Å². The zero-order valence-electron chi connectivity index (χ0n) is 8.64. The highest BCUT2D eigenvalue weighted by molar-refractivity contribution is 5.99. The molecule has 2 N–H and O–H groups in total. The Morgan fingerprint density at radius 3 is 3.00 bits per heavy atom. The number of carbonyl (C=O) groups is 1. The molecule has 2 rings (SSSR count). The number of rotatable bonds is 3. The van der Waals surface area contributed by atoms with E-state index in [1.165, 1.54) is 6.07 Å². The lowest BCUT2D eigenvalue weighted by Crippen LogP contribution is -2.05. The molecule has 1 aromatic heterocycles. The summed E-state index contributed by atoms with van der Waals surface area (Å²) < 4.78 is 0. The van der Waals surface area contributed by atoms with Gasteiger partial charge in [0, 0.05) is 0 Å². The molecule has 0 aliphatic rings. The van der Waals surface area contributed by atoms with E-state index in [1.54, 1.807) is 12.1 Å². The molecular weight excluding hydrogens is 208 g/mol. The van der Waals surface area contributed by atoms with E-state index in [0.29, 0.717) is 5.82 Å². The van der Waals surface area contributed by atoms with Crippen LogP contribution in [0.4, 0.5) is 0 Å². The fourth-order valence-electron chi connectivity index (χ4n) is 1.37. The van der Waals surface area contributed by atoms with Crippen LogP contribution in [0.15, 0.2) is 18.2 Å². The van der Waals surface area contributed by atoms with Crippen LogP contribution in [0.5, 0.6) is 5.75 Å². The lowest BCUT2D eigenvalue weighted by Gasteiger charge is -2.02. The lowest BCUT2D eigenvalue weighted by atomic mass is 10.0. The van der Waals surface area contributed by atoms with Gasteiger partial charge in [0.1, 0.15) is 5.75 Å². The summed E-state index contributed by atoms with van der Waals surface area (Å²) in [4.78, 5) is 11.8. The Bertz CT molecular complexity index is 508. The first-order chi connectivity index (χ1) is 7.66. The molecular formula is C10H10N4O2. The molecule has 0 radical (unpaired) electrons. The van der Waals surface area contributed by atoms with Gasteiger partial charge in [0.15, 0.2) is 11.6 Å². The number of aromatic amines is 1. The summed E-state index contributed by atoms with van der Waals surface area (Å²) in [7, 11) is 0. The van der Waals surface area contributed by atoms with Crippen LogP contribution >= 0.6 is 0 Å². The van der Waals surface area contributed by atoms with Crippen molar-refractivity contribution in [3.05, 3.63) is 35.2 Å². The number of H-pyrrole nitrogens is 1. The molecule has 16 heavy (non-hydrogen) atoms. The highest BCUT2D eigenvalue weighted by Crippen LogP contribution is 2.19. The Labute approximate surface area is 91.3 Å². The number of aromatic nitrogens is 4. The Hall–Kier alpha value is -2.24. The quantitative estimate of drug-likeness (QED) is 0.737. The van der Waals surface area contributed by atoms with Crippen molar-refractivity contribution in [2.75, 3.05) is 0 Å². The fraction of sp³-hybridized carbons (Fsp3) is 0.200. The Kier molecular flexibility index (Phi) is 2.63. The van der Waals surface area contributed by atoms with E-state index >= 15 is 0 Å². The standard InChI is InChI=1S/C10H10N4O2/c1-6-2-3-8(15)7(4-6)9(16)5-10-11-13-14-12-10/h2-4,15H,5H2,1H3,(H,11,12,13,14). The molecule has 6 nitrogen and oxygen atoms in total. The molecule has 6 heteroatoms. The van der Waals surface area contributed by atoms with Gasteiger partial charge in [-0.15, -0.1) is 10.2 Å². The van der Waals surface area contributed by atoms with E-state index in [9.17, 15) is 9.90 Å². The van der Waals surface area contributed by atoms with Crippen LogP contribution in [-0.2, 0) is 6.42 Å². The van der Waals surface area contributed by atoms with Crippen molar-refractivity contribution in [1.29, 1.82) is 0 Å². The van der Waals surface area contributed by atoms with Gasteiger partial charge in [-0.25, -0.2) is 0 Å². The maximum absolute atomic E-state index is 11.8. The summed E-state index contributed by atoms with van der Waals surface area (Å²) in [5.41, 5.74) is 1.19. The smallest absolute Gasteiger partial charge is 0.182 e. The van der Waals surface area contributed by atoms with Gasteiger partial charge in [0.05, 0.1) is 12.0 Å². The second-order valence-corrected chi connectivity index (χ2v) is 3.45. The van der Waals surface area contributed by atoms with Gasteiger partial charge >= 0.3 is 0 Å². The summed E-state index contributed by atoms with van der Waals surface area (Å²) in [6.45, 7) is 1.85. The number of Topliss-reactive ketones (excluding diaryl/α,β-unsaturated/α-hetero) is 1. The van der Waals surface area contributed by atoms with E-state index in [4.69, 9.17) is 0 Å². The Balaban J connectivity index is 2.24. The first-order valence-electron chi connectivity index (χ1n) is 4.72. The average Bonchev–Trinajstić information content (AvgIpc) is 2.74. The van der Waals surface area contributed by atoms with Crippen molar-refractivity contribution < 1.29 is 9.90 Å². The number of hydrogen-bond acceptors (Lipinski definition) is 5. The minimum atomic E-state index is -0.234. The van der Waals surface area contributed by atoms with Gasteiger partial charge in [-0.2, -0.15) is 5.21 Å². The zero-order valence-corrected chi connectivity index (χ0v) is 8.64. The summed E-state index contributed by atoms with van der Waals surface area (Å²) >= 11 is 0. The molecule has 0 aliphatic heterocycles. The molecule has 1 aromatic carbocycles. The van der Waals surface area contributed by atoms with E-state index in [-0.39, 0.29) is 23.5 Å². The highest BCUT2D eigenvalue weighted by Gasteiger charge is 2.14. The van der Waals surface area contributed by atoms with Gasteiger partial charge in [-0.3, -0.25) is 4.79 Å². The SMILES string of the molecule is Cc1ccc(O)c(C(=O)Cc2nn[nH]n2)c1. The largest absolute Gasteiger partial charge is 0.507 e. The van der Waals surface area contributed by atoms with Crippen LogP contribution in [0.2, 0.25) is 0 Å². The Morgan fingerprint density at radius 1 is 1.50 bits per heavy atom. The van der Waals surface area contributed by atoms with Crippen LogP contribution in [0.3, 0.4) is 0 Å². The minimum absolute atomic E-state index is 0.0213. The number of tetrazole rings is 1. The van der Waals surface area contributed by atoms with Crippen molar-refractivity contribution in [2.24, 2.45) is 0 Å². The molecule has 0 atom stereocenters. The normalized spacial score (nSPS) is 10.3. The van der Waals surface area contributed by atoms with E-state index in [2.05, 4.69) is 20.6 Å². The molecule has 0 amide bonds. The number of aryl methyl sites for hydroxylation is 1. The second-order valence-electron chi connectivity index (χ2n) is 3.45. The molecule has 0 fully saturated rings. The number of nitrogens with one attached hydrogen (secondary N) is 1. The molecule has 2 aromatic rings. The summed E-state index contributed by atoms with van der Waals surface area (Å²) in [6, 6.07) is 4.87. The number of phenols is 1. The van der Waals surface area contributed by atoms with Gasteiger partial charge < -0.3 is 5.11 Å². The number of hydrogen-bond donors (Lipinski definition) is 2. The Morgan fingerprint density at radius 2 is 2.31 bits per heavy atom. The van der Waals surface area contributed by atoms with Crippen molar-refractivity contribution in [1.82, 2.24) is 20.6 Å². The molecule has 0 aliphatic carbocycles. The van der Waals surface area contributed by atoms with E-state index < -0.39 is 0 Å². The lowest BCUT2D eigenvalue weighted by molar-refractivity contribution is 0.0988. The van der Waals surface area contributed by atoms with Crippen LogP contribution < -0.4 is 0 Å². The topological polar surface area (TPSA) is 91.8 Å². The predicted octanol–water partition coefficient (Wildman–Crippen LogP) is 0.639. The number of carbonyl (C=O) groups excluding carboxylic acids is 1. The van der Waals surface area contributed by atoms with Crippen LogP contribution in [0.25, 0.3) is 0 Å². The first kappa shape index (κ1) is 10.3. The van der Waals surface area contributed by atoms with E-state index in [0.717, 1.165) is 5.56 Å². The number of phenolic OH excluding ortho intramolecular Hbond substituents is 1. The third kappa shape index (κ3) is 2.05. The summed E-state index contributed by atoms with van der Waals surface area (Å²) in [5, 5.41) is 22.5. The third-order valence-corrected chi connectivity index (χ3v) is 2.16. The maximum Gasteiger partial charge on any atom is 0.182 e. The average molecular weight is 218 g/mol. The molecule has 1 heterocycles. The molecule has 0 bridgehead atoms. The van der Waals surface area contributed by atoms with Crippen molar-refractivity contribution in [3.63, 3.8) is 0 Å². The van der Waals surface area contributed by atoms with Gasteiger partial charge in [0.2, 0.25) is 0 Å². The zero-order chi connectivity index (χ0) is 11.5. The fourth-order valence-corrected chi connectivity index (χ4v) is 1.37. The van der Waals surface area contributed by atoms with Crippen LogP contribution in [0, 0.1) is 6.92 Å². The van der Waals surface area contributed by atoms with Crippen LogP contribution in [-0.4, -0.2) is 31.5 Å². The highest BCUT2D eigenvalue weighted by atomic mass is 16.3. The van der Waals surface area contributed by atoms with E-state index in [1.807, 2.05) is 6.92 Å². The minimum Gasteiger partial charge on any atom is -0.507 e. The van der Waals surface area contributed by atoms with Crippen molar-refractivity contribution in [2.45, 2.75) is 13.3 Å². The molecule has 0 saturated heterocycles. The van der Waals surface area contributed by atoms with Crippen molar-refractivity contribution in [3.8, 4) is 5.75 Å². The van der Waals surface area contributed by atoms with Gasteiger partial charge in [0.25, 0.3) is 0 Å². The molecule has 0 spiro atoms. The van der Waals surface area contributed by atoms with Crippen molar-refractivity contribution >= 4 is 5.78 Å². The summed E-state index contributed by atoms with van der Waals surface area (Å²) in [5.74, 6) is 0.0487. The first-order valence-corrected chi connectivity index (χ1v) is 4.72. The van der Waals surface area contributed by atoms with Crippen LogP contribution in [0.1, 0.15) is 21.7 Å². The third-order valence-electron chi connectivity index (χ3n) is 2.16. The molecule has 0 saturated carbocycles. The maximum atomic E-state index is 11.8. The number of benzene rings is 1. The molecule has 82 valence electrons. The second kappa shape index (κ2) is 4.09. The predicted molar refractivity (Wildman–Crippen MR) is 55.1 cm³/mol. The number of aromatic hydroxyl groups is 1. The summed E-state index contributed by atoms with van der Waals surface area (Å²) in [6.07, 6.45) is 0.0213. The number of nitrogens with zero attached hydrogens (tertiary/aromatic N) is 3. The monoisotopic (exact) mass is 218 g/mol.